The maximum absolute atomic E-state index is 10.9. The molecule has 2 aromatic rings. The third-order valence-electron chi connectivity index (χ3n) is 3.48. The van der Waals surface area contributed by atoms with E-state index in [9.17, 15) is 4.79 Å². The molecule has 1 aliphatic carbocycles. The van der Waals surface area contributed by atoms with Crippen LogP contribution in [0.2, 0.25) is 0 Å². The van der Waals surface area contributed by atoms with Crippen LogP contribution in [0.3, 0.4) is 0 Å². The predicted molar refractivity (Wildman–Crippen MR) is 67.7 cm³/mol. The first kappa shape index (κ1) is 11.3. The van der Waals surface area contributed by atoms with Crippen molar-refractivity contribution in [1.82, 2.24) is 5.32 Å². The number of rotatable bonds is 4. The second kappa shape index (κ2) is 4.46. The Morgan fingerprint density at radius 3 is 2.89 bits per heavy atom. The molecule has 1 aromatic carbocycles. The number of carboxylic acids is 1. The summed E-state index contributed by atoms with van der Waals surface area (Å²) in [7, 11) is 0. The number of carbonyl (C=O) groups is 1. The van der Waals surface area contributed by atoms with E-state index in [0.717, 1.165) is 16.7 Å². The Hall–Kier alpha value is -1.81. The van der Waals surface area contributed by atoms with E-state index >= 15 is 0 Å². The van der Waals surface area contributed by atoms with Crippen LogP contribution in [0.5, 0.6) is 0 Å². The van der Waals surface area contributed by atoms with E-state index in [2.05, 4.69) is 5.32 Å². The number of hydrogen-bond donors (Lipinski definition) is 2. The Balaban J connectivity index is 1.79. The molecule has 1 fully saturated rings. The zero-order valence-electron chi connectivity index (χ0n) is 9.98. The first-order chi connectivity index (χ1) is 8.72. The molecule has 94 valence electrons. The minimum Gasteiger partial charge on any atom is -0.478 e. The van der Waals surface area contributed by atoms with Crippen molar-refractivity contribution >= 4 is 16.9 Å². The molecule has 1 saturated carbocycles. The zero-order chi connectivity index (χ0) is 12.5. The maximum Gasteiger partial charge on any atom is 0.335 e. The first-order valence-corrected chi connectivity index (χ1v) is 6.21. The molecule has 0 aliphatic heterocycles. The molecule has 2 N–H and O–H groups in total. The van der Waals surface area contributed by atoms with Crippen molar-refractivity contribution in [1.29, 1.82) is 0 Å². The van der Waals surface area contributed by atoms with Gasteiger partial charge in [0.15, 0.2) is 0 Å². The monoisotopic (exact) mass is 245 g/mol. The first-order valence-electron chi connectivity index (χ1n) is 6.21. The number of aromatic carboxylic acids is 1. The second-order valence-electron chi connectivity index (χ2n) is 4.78. The predicted octanol–water partition coefficient (Wildman–Crippen LogP) is 2.77. The Morgan fingerprint density at radius 2 is 2.22 bits per heavy atom. The summed E-state index contributed by atoms with van der Waals surface area (Å²) in [5.41, 5.74) is 1.03. The van der Waals surface area contributed by atoms with E-state index in [1.54, 1.807) is 18.2 Å². The van der Waals surface area contributed by atoms with Crippen LogP contribution in [0.1, 0.15) is 35.4 Å². The highest BCUT2D eigenvalue weighted by molar-refractivity contribution is 5.93. The van der Waals surface area contributed by atoms with Crippen LogP contribution in [0, 0.1) is 0 Å². The number of furan rings is 1. The molecule has 0 unspecified atom stereocenters. The highest BCUT2D eigenvalue weighted by atomic mass is 16.4. The Morgan fingerprint density at radius 1 is 1.39 bits per heavy atom. The van der Waals surface area contributed by atoms with Gasteiger partial charge in [-0.15, -0.1) is 0 Å². The van der Waals surface area contributed by atoms with Gasteiger partial charge in [0.05, 0.1) is 12.1 Å². The average Bonchev–Trinajstić information content (AvgIpc) is 2.68. The zero-order valence-corrected chi connectivity index (χ0v) is 9.98. The van der Waals surface area contributed by atoms with Gasteiger partial charge in [0.25, 0.3) is 0 Å². The number of hydrogen-bond acceptors (Lipinski definition) is 3. The van der Waals surface area contributed by atoms with Crippen LogP contribution in [0.15, 0.2) is 28.7 Å². The normalized spacial score (nSPS) is 15.8. The Labute approximate surface area is 105 Å². The molecule has 0 saturated heterocycles. The topological polar surface area (TPSA) is 62.5 Å². The van der Waals surface area contributed by atoms with Crippen LogP contribution < -0.4 is 5.32 Å². The highest BCUT2D eigenvalue weighted by Crippen LogP contribution is 2.22. The maximum atomic E-state index is 10.9. The van der Waals surface area contributed by atoms with Crippen LogP contribution >= 0.6 is 0 Å². The Kier molecular flexibility index (Phi) is 2.80. The largest absolute Gasteiger partial charge is 0.478 e. The lowest BCUT2D eigenvalue weighted by Crippen LogP contribution is -2.34. The van der Waals surface area contributed by atoms with Crippen LogP contribution in [0.25, 0.3) is 11.0 Å². The SMILES string of the molecule is O=C(O)c1ccc2oc(CNC3CCC3)cc2c1. The molecule has 4 heteroatoms. The molecule has 0 radical (unpaired) electrons. The quantitative estimate of drug-likeness (QED) is 0.869. The van der Waals surface area contributed by atoms with Crippen LogP contribution in [0.4, 0.5) is 0 Å². The number of fused-ring (bicyclic) bond motifs is 1. The molecule has 1 aromatic heterocycles. The number of nitrogens with one attached hydrogen (secondary N) is 1. The summed E-state index contributed by atoms with van der Waals surface area (Å²) >= 11 is 0. The molecule has 4 nitrogen and oxygen atoms in total. The lowest BCUT2D eigenvalue weighted by molar-refractivity contribution is 0.0697. The fourth-order valence-electron chi connectivity index (χ4n) is 2.18. The van der Waals surface area contributed by atoms with Crippen LogP contribution in [-0.4, -0.2) is 17.1 Å². The third kappa shape index (κ3) is 2.11. The standard InChI is InChI=1S/C14H15NO3/c16-14(17)9-4-5-13-10(6-9)7-12(18-13)8-15-11-2-1-3-11/h4-7,11,15H,1-3,8H2,(H,16,17). The molecule has 0 spiro atoms. The molecule has 0 bridgehead atoms. The summed E-state index contributed by atoms with van der Waals surface area (Å²) in [5.74, 6) is -0.0494. The van der Waals surface area contributed by atoms with Gasteiger partial charge in [0.1, 0.15) is 11.3 Å². The van der Waals surface area contributed by atoms with E-state index in [-0.39, 0.29) is 0 Å². The van der Waals surface area contributed by atoms with Crippen molar-refractivity contribution < 1.29 is 14.3 Å². The molecule has 1 aliphatic rings. The molecular formula is C14H15NO3. The van der Waals surface area contributed by atoms with Crippen molar-refractivity contribution in [3.05, 3.63) is 35.6 Å². The summed E-state index contributed by atoms with van der Waals surface area (Å²) in [6.07, 6.45) is 3.78. The van der Waals surface area contributed by atoms with Gasteiger partial charge in [-0.05, 0) is 37.1 Å². The summed E-state index contributed by atoms with van der Waals surface area (Å²) in [6.45, 7) is 0.710. The second-order valence-corrected chi connectivity index (χ2v) is 4.78. The smallest absolute Gasteiger partial charge is 0.335 e. The van der Waals surface area contributed by atoms with E-state index in [1.807, 2.05) is 6.07 Å². The van der Waals surface area contributed by atoms with Gasteiger partial charge in [-0.1, -0.05) is 6.42 Å². The van der Waals surface area contributed by atoms with Crippen molar-refractivity contribution in [2.75, 3.05) is 0 Å². The van der Waals surface area contributed by atoms with Gasteiger partial charge in [0, 0.05) is 11.4 Å². The van der Waals surface area contributed by atoms with Crippen molar-refractivity contribution in [2.45, 2.75) is 31.8 Å². The molecule has 1 heterocycles. The Bertz CT molecular complexity index is 584. The lowest BCUT2D eigenvalue weighted by atomic mass is 9.93. The summed E-state index contributed by atoms with van der Waals surface area (Å²) < 4.78 is 5.67. The average molecular weight is 245 g/mol. The third-order valence-corrected chi connectivity index (χ3v) is 3.48. The van der Waals surface area contributed by atoms with E-state index in [4.69, 9.17) is 9.52 Å². The lowest BCUT2D eigenvalue weighted by Gasteiger charge is -2.25. The van der Waals surface area contributed by atoms with E-state index in [0.29, 0.717) is 18.2 Å². The fourth-order valence-corrected chi connectivity index (χ4v) is 2.18. The van der Waals surface area contributed by atoms with Gasteiger partial charge in [-0.25, -0.2) is 4.79 Å². The summed E-state index contributed by atoms with van der Waals surface area (Å²) in [4.78, 5) is 10.9. The molecule has 3 rings (SSSR count). The van der Waals surface area contributed by atoms with Gasteiger partial charge >= 0.3 is 5.97 Å². The molecule has 0 atom stereocenters. The minimum atomic E-state index is -0.910. The van der Waals surface area contributed by atoms with Gasteiger partial charge in [-0.3, -0.25) is 0 Å². The summed E-state index contributed by atoms with van der Waals surface area (Å²) in [5, 5.41) is 13.2. The highest BCUT2D eigenvalue weighted by Gasteiger charge is 2.17. The number of benzene rings is 1. The van der Waals surface area contributed by atoms with Gasteiger partial charge < -0.3 is 14.8 Å². The molecule has 0 amide bonds. The van der Waals surface area contributed by atoms with Gasteiger partial charge in [0.2, 0.25) is 0 Å². The van der Waals surface area contributed by atoms with Crippen molar-refractivity contribution in [3.63, 3.8) is 0 Å². The molecule has 18 heavy (non-hydrogen) atoms. The van der Waals surface area contributed by atoms with E-state index in [1.165, 1.54) is 19.3 Å². The van der Waals surface area contributed by atoms with Crippen molar-refractivity contribution in [2.24, 2.45) is 0 Å². The fraction of sp³-hybridized carbons (Fsp3) is 0.357. The minimum absolute atomic E-state index is 0.293. The van der Waals surface area contributed by atoms with Crippen LogP contribution in [-0.2, 0) is 6.54 Å². The van der Waals surface area contributed by atoms with Crippen molar-refractivity contribution in [3.8, 4) is 0 Å². The number of carboxylic acid groups (broad SMARTS) is 1. The molecular weight excluding hydrogens is 230 g/mol. The van der Waals surface area contributed by atoms with E-state index < -0.39 is 5.97 Å². The summed E-state index contributed by atoms with van der Waals surface area (Å²) in [6, 6.07) is 7.46. The van der Waals surface area contributed by atoms with Gasteiger partial charge in [-0.2, -0.15) is 0 Å².